The first-order chi connectivity index (χ1) is 12.3. The molecular weight excluding hydrogens is 463 g/mol. The number of aryl methyl sites for hydroxylation is 1. The Hall–Kier alpha value is -1.89. The van der Waals surface area contributed by atoms with Gasteiger partial charge in [0.2, 0.25) is 0 Å². The summed E-state index contributed by atoms with van der Waals surface area (Å²) in [5.41, 5.74) is 2.06. The third-order valence-corrected chi connectivity index (χ3v) is 3.87. The van der Waals surface area contributed by atoms with Crippen LogP contribution in [0.25, 0.3) is 0 Å². The van der Waals surface area contributed by atoms with E-state index >= 15 is 0 Å². The number of aliphatic hydroxyl groups excluding tert-OH is 2. The zero-order valence-electron chi connectivity index (χ0n) is 13.6. The largest absolute Gasteiger partial charge is 0.394 e. The van der Waals surface area contributed by atoms with Gasteiger partial charge in [0.15, 0.2) is 11.6 Å². The van der Waals surface area contributed by atoms with Crippen molar-refractivity contribution in [3.8, 4) is 0 Å². The van der Waals surface area contributed by atoms with Crippen molar-refractivity contribution >= 4 is 40.0 Å². The molecule has 0 aliphatic heterocycles. The summed E-state index contributed by atoms with van der Waals surface area (Å²) in [6.07, 6.45) is 0.350. The number of anilines is 2. The van der Waals surface area contributed by atoms with Gasteiger partial charge in [-0.1, -0.05) is 0 Å². The van der Waals surface area contributed by atoms with Crippen molar-refractivity contribution in [3.63, 3.8) is 0 Å². The van der Waals surface area contributed by atoms with Gasteiger partial charge in [0, 0.05) is 9.77 Å². The third-order valence-electron chi connectivity index (χ3n) is 3.28. The molecule has 0 fully saturated rings. The molecule has 10 heteroatoms. The average Bonchev–Trinajstić information content (AvgIpc) is 2.60. The lowest BCUT2D eigenvalue weighted by Crippen LogP contribution is -2.30. The number of rotatable bonds is 7. The van der Waals surface area contributed by atoms with Gasteiger partial charge in [-0.05, 0) is 53.3 Å². The van der Waals surface area contributed by atoms with E-state index in [0.29, 0.717) is 5.56 Å². The molecule has 0 saturated heterocycles. The Morgan fingerprint density at radius 3 is 2.81 bits per heavy atom. The number of halogens is 3. The number of hydrogen-bond acceptors (Lipinski definition) is 6. The highest BCUT2D eigenvalue weighted by Crippen LogP contribution is 2.27. The maximum absolute atomic E-state index is 14.3. The smallest absolute Gasteiger partial charge is 0.277 e. The Labute approximate surface area is 161 Å². The lowest BCUT2D eigenvalue weighted by molar-refractivity contribution is -0.0295. The van der Waals surface area contributed by atoms with E-state index in [4.69, 9.17) is 15.1 Å². The molecule has 7 nitrogen and oxygen atoms in total. The molecule has 0 spiro atoms. The number of benzene rings is 1. The van der Waals surface area contributed by atoms with Crippen LogP contribution in [0.5, 0.6) is 0 Å². The number of nitrogens with one attached hydrogen (secondary N) is 2. The molecule has 1 aromatic heterocycles. The number of nitrogens with zero attached hydrogens (tertiary/aromatic N) is 1. The highest BCUT2D eigenvalue weighted by molar-refractivity contribution is 14.1. The molecule has 0 aliphatic rings. The molecule has 0 radical (unpaired) electrons. The Kier molecular flexibility index (Phi) is 7.20. The van der Waals surface area contributed by atoms with Crippen LogP contribution in [0.4, 0.5) is 20.3 Å². The maximum atomic E-state index is 14.3. The van der Waals surface area contributed by atoms with Gasteiger partial charge in [-0.3, -0.25) is 9.63 Å². The molecule has 26 heavy (non-hydrogen) atoms. The molecule has 0 saturated carbocycles. The first-order valence-electron chi connectivity index (χ1n) is 7.41. The molecule has 1 heterocycles. The van der Waals surface area contributed by atoms with E-state index in [-0.39, 0.29) is 18.0 Å². The Balaban J connectivity index is 2.27. The number of amides is 1. The van der Waals surface area contributed by atoms with Gasteiger partial charge in [0.1, 0.15) is 18.5 Å². The second kappa shape index (κ2) is 9.16. The van der Waals surface area contributed by atoms with Crippen molar-refractivity contribution in [2.45, 2.75) is 13.0 Å². The topological polar surface area (TPSA) is 104 Å². The van der Waals surface area contributed by atoms with Crippen LogP contribution in [0.15, 0.2) is 24.4 Å². The van der Waals surface area contributed by atoms with Gasteiger partial charge >= 0.3 is 0 Å². The minimum Gasteiger partial charge on any atom is -0.394 e. The highest BCUT2D eigenvalue weighted by Gasteiger charge is 2.20. The summed E-state index contributed by atoms with van der Waals surface area (Å²) in [5.74, 6) is -2.98. The summed E-state index contributed by atoms with van der Waals surface area (Å²) in [4.78, 5) is 21.1. The van der Waals surface area contributed by atoms with Crippen molar-refractivity contribution in [1.29, 1.82) is 0 Å². The van der Waals surface area contributed by atoms with Crippen LogP contribution in [0.2, 0.25) is 0 Å². The van der Waals surface area contributed by atoms with Crippen LogP contribution in [0.3, 0.4) is 0 Å². The first-order valence-corrected chi connectivity index (χ1v) is 8.49. The zero-order valence-corrected chi connectivity index (χ0v) is 15.8. The summed E-state index contributed by atoms with van der Waals surface area (Å²) in [5, 5.41) is 20.5. The minimum absolute atomic E-state index is 0.220. The number of pyridine rings is 1. The lowest BCUT2D eigenvalue weighted by atomic mass is 10.1. The fourth-order valence-electron chi connectivity index (χ4n) is 1.96. The van der Waals surface area contributed by atoms with E-state index < -0.39 is 35.9 Å². The number of hydroxylamine groups is 1. The summed E-state index contributed by atoms with van der Waals surface area (Å²) in [6, 6.07) is 3.68. The molecule has 4 N–H and O–H groups in total. The van der Waals surface area contributed by atoms with Crippen LogP contribution < -0.4 is 10.8 Å². The fourth-order valence-corrected chi connectivity index (χ4v) is 2.57. The van der Waals surface area contributed by atoms with Crippen molar-refractivity contribution in [2.75, 3.05) is 18.5 Å². The van der Waals surface area contributed by atoms with E-state index in [1.54, 1.807) is 13.0 Å². The average molecular weight is 479 g/mol. The molecule has 0 bridgehead atoms. The maximum Gasteiger partial charge on any atom is 0.277 e. The van der Waals surface area contributed by atoms with Crippen LogP contribution >= 0.6 is 22.6 Å². The van der Waals surface area contributed by atoms with E-state index in [2.05, 4.69) is 32.9 Å². The summed E-state index contributed by atoms with van der Waals surface area (Å²) >= 11 is 2.06. The minimum atomic E-state index is -1.24. The molecule has 140 valence electrons. The van der Waals surface area contributed by atoms with Crippen molar-refractivity contribution < 1.29 is 28.6 Å². The number of carbonyl (C=O) groups excluding carboxylic acids is 1. The quantitative estimate of drug-likeness (QED) is 0.358. The van der Waals surface area contributed by atoms with Gasteiger partial charge in [0.25, 0.3) is 5.91 Å². The van der Waals surface area contributed by atoms with Crippen LogP contribution in [-0.4, -0.2) is 40.4 Å². The number of carbonyl (C=O) groups is 1. The van der Waals surface area contributed by atoms with Gasteiger partial charge < -0.3 is 15.5 Å². The standard InChI is InChI=1S/C16H16F2IN3O4/c1-8-4-9(19)5-20-15(8)21-14-11(2-3-12(17)13(14)18)16(25)22-26-7-10(24)6-23/h2-5,10,23-24H,6-7H2,1H3,(H,20,21)(H,22,25)/t10-/m1/s1. The van der Waals surface area contributed by atoms with Crippen LogP contribution in [0, 0.1) is 22.1 Å². The third kappa shape index (κ3) is 5.06. The monoisotopic (exact) mass is 479 g/mol. The fraction of sp³-hybridized carbons (Fsp3) is 0.250. The van der Waals surface area contributed by atoms with Gasteiger partial charge in [-0.25, -0.2) is 19.2 Å². The number of aromatic nitrogens is 1. The Bertz CT molecular complexity index is 807. The first kappa shape index (κ1) is 20.4. The second-order valence-electron chi connectivity index (χ2n) is 5.31. The zero-order chi connectivity index (χ0) is 19.3. The normalized spacial score (nSPS) is 11.9. The van der Waals surface area contributed by atoms with Gasteiger partial charge in [0.05, 0.1) is 17.9 Å². The molecule has 1 aromatic carbocycles. The van der Waals surface area contributed by atoms with E-state index in [1.165, 1.54) is 6.20 Å². The predicted molar refractivity (Wildman–Crippen MR) is 97.8 cm³/mol. The molecule has 1 amide bonds. The predicted octanol–water partition coefficient (Wildman–Crippen LogP) is 2.03. The molecule has 0 aliphatic carbocycles. The van der Waals surface area contributed by atoms with Crippen molar-refractivity contribution in [3.05, 3.63) is 50.7 Å². The Morgan fingerprint density at radius 1 is 1.42 bits per heavy atom. The molecular formula is C16H16F2IN3O4. The summed E-state index contributed by atoms with van der Waals surface area (Å²) in [6.45, 7) is 0.811. The van der Waals surface area contributed by atoms with Gasteiger partial charge in [-0.15, -0.1) is 0 Å². The molecule has 1 atom stereocenters. The Morgan fingerprint density at radius 2 is 2.15 bits per heavy atom. The van der Waals surface area contributed by atoms with Crippen LogP contribution in [0.1, 0.15) is 15.9 Å². The van der Waals surface area contributed by atoms with Crippen molar-refractivity contribution in [2.24, 2.45) is 0 Å². The molecule has 2 rings (SSSR count). The molecule has 0 unspecified atom stereocenters. The summed E-state index contributed by atoms with van der Waals surface area (Å²) < 4.78 is 28.8. The SMILES string of the molecule is Cc1cc(I)cnc1Nc1c(C(=O)NOC[C@H](O)CO)ccc(F)c1F. The highest BCUT2D eigenvalue weighted by atomic mass is 127. The van der Waals surface area contributed by atoms with E-state index in [0.717, 1.165) is 15.7 Å². The second-order valence-corrected chi connectivity index (χ2v) is 6.55. The van der Waals surface area contributed by atoms with E-state index in [9.17, 15) is 13.6 Å². The number of hydrogen-bond donors (Lipinski definition) is 4. The van der Waals surface area contributed by atoms with Gasteiger partial charge in [-0.2, -0.15) is 0 Å². The van der Waals surface area contributed by atoms with E-state index in [1.807, 2.05) is 5.48 Å². The molecule has 2 aromatic rings. The lowest BCUT2D eigenvalue weighted by Gasteiger charge is -2.15. The van der Waals surface area contributed by atoms with Crippen LogP contribution in [-0.2, 0) is 4.84 Å². The summed E-state index contributed by atoms with van der Waals surface area (Å²) in [7, 11) is 0. The van der Waals surface area contributed by atoms with Crippen molar-refractivity contribution in [1.82, 2.24) is 10.5 Å². The number of aliphatic hydroxyl groups is 2.